The van der Waals surface area contributed by atoms with E-state index in [9.17, 15) is 12.8 Å². The first-order valence-corrected chi connectivity index (χ1v) is 8.97. The van der Waals surface area contributed by atoms with Gasteiger partial charge < -0.3 is 0 Å². The average molecular weight is 366 g/mol. The summed E-state index contributed by atoms with van der Waals surface area (Å²) in [5.74, 6) is 0.0275. The fraction of sp³-hybridized carbons (Fsp3) is 0.571. The highest BCUT2D eigenvalue weighted by molar-refractivity contribution is 9.10. The van der Waals surface area contributed by atoms with Crippen LogP contribution in [-0.2, 0) is 10.0 Å². The second-order valence-corrected chi connectivity index (χ2v) is 7.99. The van der Waals surface area contributed by atoms with Crippen molar-refractivity contribution in [2.75, 3.05) is 0 Å². The molecule has 1 atom stereocenters. The molecule has 0 aliphatic rings. The lowest BCUT2D eigenvalue weighted by Crippen LogP contribution is -2.32. The predicted molar refractivity (Wildman–Crippen MR) is 82.6 cm³/mol. The molecule has 0 aromatic heterocycles. The van der Waals surface area contributed by atoms with Crippen molar-refractivity contribution in [3.05, 3.63) is 28.5 Å². The molecule has 0 aliphatic carbocycles. The molecule has 0 bridgehead atoms. The molecule has 0 saturated carbocycles. The molecule has 0 aliphatic heterocycles. The Kier molecular flexibility index (Phi) is 6.61. The van der Waals surface area contributed by atoms with Crippen molar-refractivity contribution in [1.29, 1.82) is 0 Å². The number of benzene rings is 1. The van der Waals surface area contributed by atoms with Crippen LogP contribution in [0.2, 0.25) is 0 Å². The number of nitrogens with one attached hydrogen (secondary N) is 1. The van der Waals surface area contributed by atoms with Gasteiger partial charge in [0.2, 0.25) is 10.0 Å². The van der Waals surface area contributed by atoms with E-state index < -0.39 is 15.8 Å². The molecule has 1 unspecified atom stereocenters. The van der Waals surface area contributed by atoms with Crippen LogP contribution >= 0.6 is 15.9 Å². The van der Waals surface area contributed by atoms with E-state index in [1.165, 1.54) is 12.1 Å². The molecule has 3 nitrogen and oxygen atoms in total. The topological polar surface area (TPSA) is 46.2 Å². The Morgan fingerprint density at radius 2 is 1.90 bits per heavy atom. The fourth-order valence-electron chi connectivity index (χ4n) is 1.87. The first kappa shape index (κ1) is 17.6. The van der Waals surface area contributed by atoms with E-state index in [2.05, 4.69) is 34.5 Å². The van der Waals surface area contributed by atoms with E-state index in [-0.39, 0.29) is 15.4 Å². The normalized spacial score (nSPS) is 13.7. The standard InChI is InChI=1S/C14H21BrFNO2S/c1-10(2)5-4-6-11(3)17-20(18,19)12-7-8-13(15)14(16)9-12/h7-11,17H,4-6H2,1-3H3. The lowest BCUT2D eigenvalue weighted by molar-refractivity contribution is 0.488. The van der Waals surface area contributed by atoms with Gasteiger partial charge >= 0.3 is 0 Å². The van der Waals surface area contributed by atoms with Crippen molar-refractivity contribution in [2.24, 2.45) is 5.92 Å². The Morgan fingerprint density at radius 1 is 1.25 bits per heavy atom. The predicted octanol–water partition coefficient (Wildman–Crippen LogP) is 4.08. The maximum Gasteiger partial charge on any atom is 0.240 e. The Morgan fingerprint density at radius 3 is 2.45 bits per heavy atom. The molecule has 114 valence electrons. The van der Waals surface area contributed by atoms with Gasteiger partial charge in [0, 0.05) is 6.04 Å². The zero-order valence-corrected chi connectivity index (χ0v) is 14.4. The zero-order valence-electron chi connectivity index (χ0n) is 12.0. The number of rotatable bonds is 7. The minimum absolute atomic E-state index is 0.0473. The molecular formula is C14H21BrFNO2S. The van der Waals surface area contributed by atoms with Crippen LogP contribution in [0.25, 0.3) is 0 Å². The van der Waals surface area contributed by atoms with E-state index in [1.54, 1.807) is 0 Å². The Balaban J connectivity index is 2.67. The molecule has 0 fully saturated rings. The summed E-state index contributed by atoms with van der Waals surface area (Å²) in [5, 5.41) is 0. The third kappa shape index (κ3) is 5.50. The van der Waals surface area contributed by atoms with Gasteiger partial charge in [-0.1, -0.05) is 26.7 Å². The summed E-state index contributed by atoms with van der Waals surface area (Å²) in [6.07, 6.45) is 2.81. The molecule has 0 radical (unpaired) electrons. The number of hydrogen-bond donors (Lipinski definition) is 1. The van der Waals surface area contributed by atoms with Crippen molar-refractivity contribution < 1.29 is 12.8 Å². The van der Waals surface area contributed by atoms with E-state index in [4.69, 9.17) is 0 Å². The third-order valence-electron chi connectivity index (χ3n) is 2.98. The smallest absolute Gasteiger partial charge is 0.208 e. The van der Waals surface area contributed by atoms with Crippen molar-refractivity contribution in [2.45, 2.75) is 51.0 Å². The number of sulfonamides is 1. The van der Waals surface area contributed by atoms with Crippen LogP contribution in [0, 0.1) is 11.7 Å². The highest BCUT2D eigenvalue weighted by Gasteiger charge is 2.18. The molecule has 6 heteroatoms. The molecule has 20 heavy (non-hydrogen) atoms. The second-order valence-electron chi connectivity index (χ2n) is 5.42. The van der Waals surface area contributed by atoms with Crippen molar-refractivity contribution in [1.82, 2.24) is 4.72 Å². The van der Waals surface area contributed by atoms with Gasteiger partial charge in [0.25, 0.3) is 0 Å². The van der Waals surface area contributed by atoms with Crippen LogP contribution in [0.15, 0.2) is 27.6 Å². The minimum atomic E-state index is -3.66. The highest BCUT2D eigenvalue weighted by Crippen LogP contribution is 2.20. The lowest BCUT2D eigenvalue weighted by Gasteiger charge is -2.15. The van der Waals surface area contributed by atoms with Crippen LogP contribution in [-0.4, -0.2) is 14.5 Å². The molecule has 0 saturated heterocycles. The van der Waals surface area contributed by atoms with Gasteiger partial charge in [0.15, 0.2) is 0 Å². The van der Waals surface area contributed by atoms with E-state index >= 15 is 0 Å². The van der Waals surface area contributed by atoms with Gasteiger partial charge in [0.05, 0.1) is 9.37 Å². The van der Waals surface area contributed by atoms with Gasteiger partial charge in [0.1, 0.15) is 5.82 Å². The first-order chi connectivity index (χ1) is 9.22. The van der Waals surface area contributed by atoms with Crippen LogP contribution in [0.3, 0.4) is 0 Å². The fourth-order valence-corrected chi connectivity index (χ4v) is 3.40. The van der Waals surface area contributed by atoms with Gasteiger partial charge in [-0.3, -0.25) is 0 Å². The molecular weight excluding hydrogens is 345 g/mol. The Hall–Kier alpha value is -0.460. The minimum Gasteiger partial charge on any atom is -0.208 e. The maximum atomic E-state index is 13.4. The number of halogens is 2. The molecule has 1 aromatic carbocycles. The quantitative estimate of drug-likeness (QED) is 0.790. The van der Waals surface area contributed by atoms with Crippen LogP contribution < -0.4 is 4.72 Å². The Labute approximate surface area is 129 Å². The molecule has 1 N–H and O–H groups in total. The van der Waals surface area contributed by atoms with Crippen LogP contribution in [0.5, 0.6) is 0 Å². The second kappa shape index (κ2) is 7.52. The van der Waals surface area contributed by atoms with Crippen molar-refractivity contribution >= 4 is 26.0 Å². The largest absolute Gasteiger partial charge is 0.240 e. The molecule has 0 amide bonds. The summed E-state index contributed by atoms with van der Waals surface area (Å²) in [7, 11) is -3.66. The first-order valence-electron chi connectivity index (χ1n) is 6.69. The highest BCUT2D eigenvalue weighted by atomic mass is 79.9. The van der Waals surface area contributed by atoms with Gasteiger partial charge in [-0.05, 0) is 53.4 Å². The maximum absolute atomic E-state index is 13.4. The molecule has 1 aromatic rings. The summed E-state index contributed by atoms with van der Waals surface area (Å²) in [5.41, 5.74) is 0. The SMILES string of the molecule is CC(C)CCCC(C)NS(=O)(=O)c1ccc(Br)c(F)c1. The third-order valence-corrected chi connectivity index (χ3v) is 5.21. The summed E-state index contributed by atoms with van der Waals surface area (Å²) in [4.78, 5) is -0.0473. The van der Waals surface area contributed by atoms with E-state index in [0.717, 1.165) is 25.3 Å². The average Bonchev–Trinajstić information content (AvgIpc) is 2.31. The summed E-state index contributed by atoms with van der Waals surface area (Å²) >= 11 is 3.00. The zero-order chi connectivity index (χ0) is 15.3. The van der Waals surface area contributed by atoms with Crippen LogP contribution in [0.1, 0.15) is 40.0 Å². The van der Waals surface area contributed by atoms with Gasteiger partial charge in [-0.15, -0.1) is 0 Å². The van der Waals surface area contributed by atoms with Crippen LogP contribution in [0.4, 0.5) is 4.39 Å². The number of hydrogen-bond acceptors (Lipinski definition) is 2. The van der Waals surface area contributed by atoms with Gasteiger partial charge in [-0.2, -0.15) is 0 Å². The van der Waals surface area contributed by atoms with Crippen molar-refractivity contribution in [3.63, 3.8) is 0 Å². The Bertz CT molecular complexity index is 546. The molecule has 0 spiro atoms. The van der Waals surface area contributed by atoms with E-state index in [0.29, 0.717) is 5.92 Å². The lowest BCUT2D eigenvalue weighted by atomic mass is 10.0. The van der Waals surface area contributed by atoms with Gasteiger partial charge in [-0.25, -0.2) is 17.5 Å². The van der Waals surface area contributed by atoms with Crippen molar-refractivity contribution in [3.8, 4) is 0 Å². The summed E-state index contributed by atoms with van der Waals surface area (Å²) < 4.78 is 40.5. The molecule has 0 heterocycles. The summed E-state index contributed by atoms with van der Waals surface area (Å²) in [6.45, 7) is 6.10. The summed E-state index contributed by atoms with van der Waals surface area (Å²) in [6, 6.07) is 3.64. The van der Waals surface area contributed by atoms with E-state index in [1.807, 2.05) is 6.92 Å². The monoisotopic (exact) mass is 365 g/mol. The molecule has 1 rings (SSSR count).